The van der Waals surface area contributed by atoms with Crippen LogP contribution in [0, 0.1) is 0 Å². The first-order chi connectivity index (χ1) is 20.5. The summed E-state index contributed by atoms with van der Waals surface area (Å²) in [6.07, 6.45) is 11.3. The lowest BCUT2D eigenvalue weighted by atomic mass is 9.92. The lowest BCUT2D eigenvalue weighted by Gasteiger charge is -2.22. The molecule has 0 radical (unpaired) electrons. The van der Waals surface area contributed by atoms with Crippen LogP contribution in [0.25, 0.3) is 21.8 Å². The second kappa shape index (κ2) is 14.4. The number of anilines is 2. The maximum atomic E-state index is 12.3. The Morgan fingerprint density at radius 1 is 0.976 bits per heavy atom. The highest BCUT2D eigenvalue weighted by molar-refractivity contribution is 6.31. The molecule has 3 N–H and O–H groups in total. The number of rotatable bonds is 13. The molecule has 2 aromatic carbocycles. The third-order valence-corrected chi connectivity index (χ3v) is 8.06. The maximum Gasteiger partial charge on any atom is 0.411 e. The van der Waals surface area contributed by atoms with Crippen molar-refractivity contribution >= 4 is 56.8 Å². The van der Waals surface area contributed by atoms with Gasteiger partial charge in [0.15, 0.2) is 0 Å². The number of nitrogens with zero attached hydrogens (tertiary/aromatic N) is 2. The van der Waals surface area contributed by atoms with Gasteiger partial charge in [0.25, 0.3) is 0 Å². The van der Waals surface area contributed by atoms with Gasteiger partial charge in [0, 0.05) is 71.1 Å². The van der Waals surface area contributed by atoms with Gasteiger partial charge in [0.2, 0.25) is 5.91 Å². The molecule has 42 heavy (non-hydrogen) atoms. The van der Waals surface area contributed by atoms with E-state index in [1.807, 2.05) is 42.6 Å². The van der Waals surface area contributed by atoms with Gasteiger partial charge in [-0.1, -0.05) is 30.9 Å². The van der Waals surface area contributed by atoms with E-state index in [9.17, 15) is 9.59 Å². The zero-order valence-electron chi connectivity index (χ0n) is 24.3. The van der Waals surface area contributed by atoms with E-state index in [2.05, 4.69) is 26.6 Å². The number of benzene rings is 2. The fraction of sp³-hybridized carbons (Fsp3) is 0.424. The van der Waals surface area contributed by atoms with Gasteiger partial charge in [-0.3, -0.25) is 15.1 Å². The molecular formula is C33H40ClN5O3. The van der Waals surface area contributed by atoms with Crippen molar-refractivity contribution in [3.05, 3.63) is 64.9 Å². The van der Waals surface area contributed by atoms with Crippen LogP contribution >= 0.6 is 11.6 Å². The average molecular weight is 590 g/mol. The smallest absolute Gasteiger partial charge is 0.411 e. The number of fused-ring (bicyclic) bond motifs is 3. The lowest BCUT2D eigenvalue weighted by Crippen LogP contribution is -2.24. The average Bonchev–Trinajstić information content (AvgIpc) is 3.37. The minimum atomic E-state index is -0.433. The van der Waals surface area contributed by atoms with Crippen LogP contribution in [0.15, 0.2) is 48.7 Å². The van der Waals surface area contributed by atoms with E-state index in [0.29, 0.717) is 25.4 Å². The van der Waals surface area contributed by atoms with Crippen LogP contribution in [-0.4, -0.2) is 41.2 Å². The number of ether oxygens (including phenoxy) is 1. The number of hydrogen-bond acceptors (Lipinski definition) is 5. The summed E-state index contributed by atoms with van der Waals surface area (Å²) in [5, 5.41) is 12.3. The van der Waals surface area contributed by atoms with Gasteiger partial charge in [-0.2, -0.15) is 0 Å². The molecule has 0 atom stereocenters. The van der Waals surface area contributed by atoms with Crippen molar-refractivity contribution in [1.82, 2.24) is 14.9 Å². The van der Waals surface area contributed by atoms with Crippen LogP contribution in [0.5, 0.6) is 0 Å². The molecule has 0 saturated carbocycles. The van der Waals surface area contributed by atoms with Crippen LogP contribution in [0.3, 0.4) is 0 Å². The van der Waals surface area contributed by atoms with Crippen molar-refractivity contribution in [2.24, 2.45) is 0 Å². The number of hydrogen-bond donors (Lipinski definition) is 3. The van der Waals surface area contributed by atoms with Gasteiger partial charge in [-0.15, -0.1) is 0 Å². The molecule has 9 heteroatoms. The number of carbonyl (C=O) groups is 2. The molecule has 8 nitrogen and oxygen atoms in total. The Labute approximate surface area is 252 Å². The zero-order valence-corrected chi connectivity index (χ0v) is 25.1. The fourth-order valence-electron chi connectivity index (χ4n) is 5.72. The summed E-state index contributed by atoms with van der Waals surface area (Å²) in [5.74, 6) is -0.0380. The molecule has 2 aromatic heterocycles. The van der Waals surface area contributed by atoms with E-state index >= 15 is 0 Å². The van der Waals surface area contributed by atoms with Gasteiger partial charge >= 0.3 is 6.09 Å². The minimum absolute atomic E-state index is 0.0380. The van der Waals surface area contributed by atoms with E-state index in [0.717, 1.165) is 78.3 Å². The molecule has 0 aliphatic heterocycles. The van der Waals surface area contributed by atoms with Crippen LogP contribution in [0.4, 0.5) is 16.2 Å². The first-order valence-corrected chi connectivity index (χ1v) is 15.5. The number of halogens is 1. The summed E-state index contributed by atoms with van der Waals surface area (Å²) in [6, 6.07) is 13.8. The number of aromatic nitrogens is 2. The summed E-state index contributed by atoms with van der Waals surface area (Å²) in [4.78, 5) is 28.3. The fourth-order valence-corrected chi connectivity index (χ4v) is 5.88. The van der Waals surface area contributed by atoms with E-state index in [1.54, 1.807) is 0 Å². The second-order valence-corrected chi connectivity index (χ2v) is 11.4. The lowest BCUT2D eigenvalue weighted by molar-refractivity contribution is -0.118. The van der Waals surface area contributed by atoms with E-state index in [1.165, 1.54) is 36.7 Å². The SMILES string of the molecule is CC(=O)NCCn1ccc2cc(NC(=O)OCCCCCCCNc3c4c(nc5cc(Cl)ccc35)CCCC4)ccc21. The second-order valence-electron chi connectivity index (χ2n) is 11.0. The summed E-state index contributed by atoms with van der Waals surface area (Å²) in [5.41, 5.74) is 6.56. The van der Waals surface area contributed by atoms with Crippen molar-refractivity contribution in [3.8, 4) is 0 Å². The highest BCUT2D eigenvalue weighted by Crippen LogP contribution is 2.34. The molecule has 222 valence electrons. The maximum absolute atomic E-state index is 12.3. The highest BCUT2D eigenvalue weighted by Gasteiger charge is 2.18. The van der Waals surface area contributed by atoms with E-state index < -0.39 is 6.09 Å². The van der Waals surface area contributed by atoms with Crippen LogP contribution < -0.4 is 16.0 Å². The number of pyridine rings is 1. The topological polar surface area (TPSA) is 97.3 Å². The molecule has 0 bridgehead atoms. The van der Waals surface area contributed by atoms with E-state index in [4.69, 9.17) is 21.3 Å². The third kappa shape index (κ3) is 7.73. The molecule has 5 rings (SSSR count). The Bertz CT molecular complexity index is 1550. The van der Waals surface area contributed by atoms with Gasteiger partial charge < -0.3 is 19.9 Å². The summed E-state index contributed by atoms with van der Waals surface area (Å²) in [7, 11) is 0. The molecule has 0 spiro atoms. The van der Waals surface area contributed by atoms with Gasteiger partial charge in [0.1, 0.15) is 0 Å². The largest absolute Gasteiger partial charge is 0.449 e. The standard InChI is InChI=1S/C33H40ClN5O3/c1-23(40)35-17-19-39-18-15-24-21-26(12-14-31(24)39)37-33(41)42-20-8-4-2-3-7-16-36-32-27-9-5-6-10-29(27)38-30-22-25(34)11-13-28(30)32/h11-15,18,21-22H,2-10,16-17,19-20H2,1H3,(H,35,40)(H,36,38)(H,37,41). The first-order valence-electron chi connectivity index (χ1n) is 15.1. The number of aryl methyl sites for hydroxylation is 1. The number of unbranched alkanes of at least 4 members (excludes halogenated alkanes) is 4. The molecule has 4 aromatic rings. The quantitative estimate of drug-likeness (QED) is 0.141. The molecule has 2 heterocycles. The van der Waals surface area contributed by atoms with Crippen molar-refractivity contribution in [2.45, 2.75) is 71.3 Å². The molecule has 2 amide bonds. The Morgan fingerprint density at radius 3 is 2.69 bits per heavy atom. The van der Waals surface area contributed by atoms with E-state index in [-0.39, 0.29) is 5.91 Å². The van der Waals surface area contributed by atoms with Crippen molar-refractivity contribution in [1.29, 1.82) is 0 Å². The molecule has 0 unspecified atom stereocenters. The third-order valence-electron chi connectivity index (χ3n) is 7.83. The highest BCUT2D eigenvalue weighted by atomic mass is 35.5. The monoisotopic (exact) mass is 589 g/mol. The number of amides is 2. The first kappa shape index (κ1) is 29.7. The van der Waals surface area contributed by atoms with Gasteiger partial charge in [-0.05, 0) is 86.6 Å². The summed E-state index contributed by atoms with van der Waals surface area (Å²) >= 11 is 6.24. The Balaban J connectivity index is 0.984. The molecule has 1 aliphatic carbocycles. The zero-order chi connectivity index (χ0) is 29.3. The molecule has 0 saturated heterocycles. The Hall–Kier alpha value is -3.78. The van der Waals surface area contributed by atoms with Crippen molar-refractivity contribution in [3.63, 3.8) is 0 Å². The van der Waals surface area contributed by atoms with Gasteiger partial charge in [0.05, 0.1) is 12.1 Å². The molecule has 1 aliphatic rings. The minimum Gasteiger partial charge on any atom is -0.449 e. The number of carbonyl (C=O) groups excluding carboxylic acids is 2. The van der Waals surface area contributed by atoms with Crippen LogP contribution in [0.1, 0.15) is 63.1 Å². The molecular weight excluding hydrogens is 550 g/mol. The predicted octanol–water partition coefficient (Wildman–Crippen LogP) is 7.47. The van der Waals surface area contributed by atoms with Crippen molar-refractivity contribution in [2.75, 3.05) is 30.3 Å². The summed E-state index contributed by atoms with van der Waals surface area (Å²) < 4.78 is 7.48. The van der Waals surface area contributed by atoms with Crippen LogP contribution in [-0.2, 0) is 28.9 Å². The molecule has 0 fully saturated rings. The Morgan fingerprint density at radius 2 is 1.81 bits per heavy atom. The normalized spacial score (nSPS) is 12.7. The Kier molecular flexibility index (Phi) is 10.2. The van der Waals surface area contributed by atoms with Gasteiger partial charge in [-0.25, -0.2) is 4.79 Å². The predicted molar refractivity (Wildman–Crippen MR) is 171 cm³/mol. The van der Waals surface area contributed by atoms with Crippen LogP contribution in [0.2, 0.25) is 5.02 Å². The van der Waals surface area contributed by atoms with Crippen molar-refractivity contribution < 1.29 is 14.3 Å². The summed E-state index contributed by atoms with van der Waals surface area (Å²) in [6.45, 7) is 4.11. The number of nitrogens with one attached hydrogen (secondary N) is 3.